The van der Waals surface area contributed by atoms with E-state index in [-0.39, 0.29) is 23.0 Å². The van der Waals surface area contributed by atoms with Crippen LogP contribution in [0.5, 0.6) is 0 Å². The number of carbonyl (C=O) groups is 2. The minimum Gasteiger partial charge on any atom is -0.338 e. The molecular weight excluding hydrogens is 333 g/mol. The van der Waals surface area contributed by atoms with E-state index in [2.05, 4.69) is 10.3 Å². The molecular formula is C17H15ClFN3O2. The summed E-state index contributed by atoms with van der Waals surface area (Å²) in [5.74, 6) is -1.79. The summed E-state index contributed by atoms with van der Waals surface area (Å²) >= 11 is 5.71. The first kappa shape index (κ1) is 16.4. The lowest BCUT2D eigenvalue weighted by atomic mass is 9.94. The van der Waals surface area contributed by atoms with Crippen molar-refractivity contribution in [2.45, 2.75) is 12.5 Å². The molecule has 124 valence electrons. The second-order valence-corrected chi connectivity index (χ2v) is 6.10. The number of nitrogens with zero attached hydrogens (tertiary/aromatic N) is 2. The standard InChI is InChI=1S/C17H15ClFN3O2/c1-22-15(23)8-12(16(22)10-3-2-6-20-9-10)17(24)21-14-5-4-11(18)7-13(14)19/h2-7,9,12,16H,8H2,1H3,(H,21,24)/t12-,16+/m0/s1. The van der Waals surface area contributed by atoms with Crippen LogP contribution >= 0.6 is 11.6 Å². The lowest BCUT2D eigenvalue weighted by Crippen LogP contribution is -2.30. The predicted octanol–water partition coefficient (Wildman–Crippen LogP) is 3.03. The zero-order valence-electron chi connectivity index (χ0n) is 12.9. The highest BCUT2D eigenvalue weighted by molar-refractivity contribution is 6.30. The average molecular weight is 348 g/mol. The van der Waals surface area contributed by atoms with Crippen molar-refractivity contribution >= 4 is 29.1 Å². The van der Waals surface area contributed by atoms with Crippen molar-refractivity contribution in [3.63, 3.8) is 0 Å². The quantitative estimate of drug-likeness (QED) is 0.928. The molecule has 3 rings (SSSR count). The van der Waals surface area contributed by atoms with Crippen LogP contribution in [0.2, 0.25) is 5.02 Å². The fourth-order valence-corrected chi connectivity index (χ4v) is 3.09. The van der Waals surface area contributed by atoms with Crippen LogP contribution in [-0.2, 0) is 9.59 Å². The minimum atomic E-state index is -0.623. The molecule has 24 heavy (non-hydrogen) atoms. The van der Waals surface area contributed by atoms with Gasteiger partial charge in [0.2, 0.25) is 11.8 Å². The van der Waals surface area contributed by atoms with E-state index in [9.17, 15) is 14.0 Å². The van der Waals surface area contributed by atoms with E-state index >= 15 is 0 Å². The van der Waals surface area contributed by atoms with Gasteiger partial charge in [-0.05, 0) is 29.8 Å². The van der Waals surface area contributed by atoms with Crippen molar-refractivity contribution < 1.29 is 14.0 Å². The number of benzene rings is 1. The number of anilines is 1. The Morgan fingerprint density at radius 2 is 2.21 bits per heavy atom. The first-order valence-corrected chi connectivity index (χ1v) is 7.76. The minimum absolute atomic E-state index is 0.0383. The maximum atomic E-state index is 13.9. The maximum Gasteiger partial charge on any atom is 0.230 e. The number of likely N-dealkylation sites (tertiary alicyclic amines) is 1. The smallest absolute Gasteiger partial charge is 0.230 e. The molecule has 0 radical (unpaired) electrons. The van der Waals surface area contributed by atoms with Gasteiger partial charge in [-0.2, -0.15) is 0 Å². The van der Waals surface area contributed by atoms with Crippen LogP contribution in [0.3, 0.4) is 0 Å². The molecule has 7 heteroatoms. The second-order valence-electron chi connectivity index (χ2n) is 5.66. The van der Waals surface area contributed by atoms with Gasteiger partial charge in [0.1, 0.15) is 5.82 Å². The van der Waals surface area contributed by atoms with Gasteiger partial charge < -0.3 is 10.2 Å². The molecule has 0 spiro atoms. The molecule has 1 aromatic carbocycles. The molecule has 1 fully saturated rings. The zero-order chi connectivity index (χ0) is 17.3. The van der Waals surface area contributed by atoms with Crippen LogP contribution in [0, 0.1) is 11.7 Å². The second kappa shape index (κ2) is 6.57. The van der Waals surface area contributed by atoms with E-state index in [0.717, 1.165) is 11.6 Å². The van der Waals surface area contributed by atoms with Crippen molar-refractivity contribution in [1.82, 2.24) is 9.88 Å². The molecule has 1 aliphatic rings. The molecule has 2 heterocycles. The summed E-state index contributed by atoms with van der Waals surface area (Å²) in [5, 5.41) is 2.79. The predicted molar refractivity (Wildman–Crippen MR) is 87.9 cm³/mol. The van der Waals surface area contributed by atoms with Crippen LogP contribution in [0.15, 0.2) is 42.7 Å². The van der Waals surface area contributed by atoms with Crippen molar-refractivity contribution in [3.05, 3.63) is 59.1 Å². The van der Waals surface area contributed by atoms with Crippen LogP contribution in [0.1, 0.15) is 18.0 Å². The molecule has 2 aromatic rings. The summed E-state index contributed by atoms with van der Waals surface area (Å²) < 4.78 is 13.9. The van der Waals surface area contributed by atoms with E-state index in [4.69, 9.17) is 11.6 Å². The van der Waals surface area contributed by atoms with Gasteiger partial charge in [-0.25, -0.2) is 4.39 Å². The Balaban J connectivity index is 1.86. The van der Waals surface area contributed by atoms with Crippen LogP contribution < -0.4 is 5.32 Å². The van der Waals surface area contributed by atoms with Gasteiger partial charge in [-0.3, -0.25) is 14.6 Å². The van der Waals surface area contributed by atoms with E-state index in [0.29, 0.717) is 0 Å². The first-order chi connectivity index (χ1) is 11.5. The average Bonchev–Trinajstić information content (AvgIpc) is 2.86. The molecule has 0 bridgehead atoms. The third kappa shape index (κ3) is 3.10. The Morgan fingerprint density at radius 3 is 2.88 bits per heavy atom. The number of aromatic nitrogens is 1. The summed E-state index contributed by atoms with van der Waals surface area (Å²) in [4.78, 5) is 30.3. The summed E-state index contributed by atoms with van der Waals surface area (Å²) in [5.41, 5.74) is 0.805. The summed E-state index contributed by atoms with van der Waals surface area (Å²) in [6.45, 7) is 0. The number of carbonyl (C=O) groups excluding carboxylic acids is 2. The van der Waals surface area contributed by atoms with Gasteiger partial charge >= 0.3 is 0 Å². The molecule has 0 unspecified atom stereocenters. The summed E-state index contributed by atoms with van der Waals surface area (Å²) in [7, 11) is 1.65. The van der Waals surface area contributed by atoms with Crippen LogP contribution in [0.25, 0.3) is 0 Å². The number of hydrogen-bond donors (Lipinski definition) is 1. The number of rotatable bonds is 3. The molecule has 2 atom stereocenters. The summed E-state index contributed by atoms with van der Waals surface area (Å²) in [6, 6.07) is 7.15. The Bertz CT molecular complexity index is 785. The molecule has 1 N–H and O–H groups in total. The summed E-state index contributed by atoms with van der Waals surface area (Å²) in [6.07, 6.45) is 3.32. The first-order valence-electron chi connectivity index (χ1n) is 7.39. The van der Waals surface area contributed by atoms with Crippen molar-refractivity contribution in [2.75, 3.05) is 12.4 Å². The molecule has 1 aromatic heterocycles. The van der Waals surface area contributed by atoms with Gasteiger partial charge in [0, 0.05) is 30.9 Å². The van der Waals surface area contributed by atoms with Crippen molar-refractivity contribution in [3.8, 4) is 0 Å². The van der Waals surface area contributed by atoms with E-state index < -0.39 is 23.7 Å². The third-order valence-corrected chi connectivity index (χ3v) is 4.37. The van der Waals surface area contributed by atoms with Crippen molar-refractivity contribution in [2.24, 2.45) is 5.92 Å². The van der Waals surface area contributed by atoms with Crippen LogP contribution in [0.4, 0.5) is 10.1 Å². The molecule has 0 aliphatic carbocycles. The van der Waals surface area contributed by atoms with Gasteiger partial charge in [-0.1, -0.05) is 17.7 Å². The highest BCUT2D eigenvalue weighted by Crippen LogP contribution is 2.37. The topological polar surface area (TPSA) is 62.3 Å². The Hall–Kier alpha value is -2.47. The fraction of sp³-hybridized carbons (Fsp3) is 0.235. The van der Waals surface area contributed by atoms with Crippen molar-refractivity contribution in [1.29, 1.82) is 0 Å². The molecule has 1 saturated heterocycles. The molecule has 2 amide bonds. The zero-order valence-corrected chi connectivity index (χ0v) is 13.6. The molecule has 1 aliphatic heterocycles. The monoisotopic (exact) mass is 347 g/mol. The Kier molecular flexibility index (Phi) is 4.49. The Morgan fingerprint density at radius 1 is 1.42 bits per heavy atom. The number of hydrogen-bond acceptors (Lipinski definition) is 3. The normalized spacial score (nSPS) is 20.3. The fourth-order valence-electron chi connectivity index (χ4n) is 2.93. The van der Waals surface area contributed by atoms with Gasteiger partial charge in [0.05, 0.1) is 17.6 Å². The van der Waals surface area contributed by atoms with E-state index in [1.165, 1.54) is 17.0 Å². The number of halogens is 2. The SMILES string of the molecule is CN1C(=O)C[C@H](C(=O)Nc2ccc(Cl)cc2F)[C@H]1c1cccnc1. The highest BCUT2D eigenvalue weighted by Gasteiger charge is 2.42. The lowest BCUT2D eigenvalue weighted by molar-refractivity contribution is -0.127. The number of pyridine rings is 1. The third-order valence-electron chi connectivity index (χ3n) is 4.14. The maximum absolute atomic E-state index is 13.9. The van der Waals surface area contributed by atoms with Gasteiger partial charge in [0.25, 0.3) is 0 Å². The van der Waals surface area contributed by atoms with E-state index in [1.54, 1.807) is 25.5 Å². The largest absolute Gasteiger partial charge is 0.338 e. The van der Waals surface area contributed by atoms with Gasteiger partial charge in [-0.15, -0.1) is 0 Å². The Labute approximate surface area is 143 Å². The highest BCUT2D eigenvalue weighted by atomic mass is 35.5. The number of nitrogens with one attached hydrogen (secondary N) is 1. The number of amides is 2. The van der Waals surface area contributed by atoms with E-state index in [1.807, 2.05) is 6.07 Å². The van der Waals surface area contributed by atoms with Crippen LogP contribution in [-0.4, -0.2) is 28.7 Å². The van der Waals surface area contributed by atoms with Gasteiger partial charge in [0.15, 0.2) is 0 Å². The lowest BCUT2D eigenvalue weighted by Gasteiger charge is -2.24. The molecule has 5 nitrogen and oxygen atoms in total. The molecule has 0 saturated carbocycles.